The third-order valence-corrected chi connectivity index (χ3v) is 2.94. The van der Waals surface area contributed by atoms with E-state index in [0.717, 1.165) is 6.42 Å². The van der Waals surface area contributed by atoms with Crippen molar-refractivity contribution in [3.8, 4) is 0 Å². The minimum absolute atomic E-state index is 0.0140. The highest BCUT2D eigenvalue weighted by Gasteiger charge is 2.21. The summed E-state index contributed by atoms with van der Waals surface area (Å²) in [5.74, 6) is 0.614. The second-order valence-corrected chi connectivity index (χ2v) is 4.39. The van der Waals surface area contributed by atoms with Crippen LogP contribution in [0, 0.1) is 0 Å². The maximum Gasteiger partial charge on any atom is 0.233 e. The van der Waals surface area contributed by atoms with Gasteiger partial charge >= 0.3 is 0 Å². The van der Waals surface area contributed by atoms with Crippen LogP contribution in [0.5, 0.6) is 0 Å². The number of thiol groups is 2. The molecule has 0 aromatic carbocycles. The maximum atomic E-state index is 11.3. The van der Waals surface area contributed by atoms with Crippen molar-refractivity contribution < 1.29 is 4.79 Å². The van der Waals surface area contributed by atoms with Crippen LogP contribution >= 0.6 is 25.3 Å². The Morgan fingerprint density at radius 1 is 1.58 bits per heavy atom. The van der Waals surface area contributed by atoms with Crippen LogP contribution in [0.2, 0.25) is 0 Å². The van der Waals surface area contributed by atoms with E-state index in [0.29, 0.717) is 5.75 Å². The lowest BCUT2D eigenvalue weighted by atomic mass is 10.1. The van der Waals surface area contributed by atoms with E-state index in [-0.39, 0.29) is 16.7 Å². The van der Waals surface area contributed by atoms with Crippen LogP contribution < -0.4 is 5.32 Å². The third kappa shape index (κ3) is 4.26. The summed E-state index contributed by atoms with van der Waals surface area (Å²) in [6, 6.07) is 0. The summed E-state index contributed by atoms with van der Waals surface area (Å²) in [6.07, 6.45) is 0.748. The predicted octanol–water partition coefficient (Wildman–Crippen LogP) is 1.52. The minimum atomic E-state index is -0.240. The van der Waals surface area contributed by atoms with Crippen LogP contribution in [0.25, 0.3) is 0 Å². The minimum Gasteiger partial charge on any atom is -0.349 e. The first-order valence-corrected chi connectivity index (χ1v) is 5.18. The van der Waals surface area contributed by atoms with Crippen LogP contribution in [0.3, 0.4) is 0 Å². The van der Waals surface area contributed by atoms with Crippen molar-refractivity contribution in [2.45, 2.75) is 38.0 Å². The van der Waals surface area contributed by atoms with Gasteiger partial charge in [-0.05, 0) is 20.3 Å². The molecule has 0 fully saturated rings. The van der Waals surface area contributed by atoms with E-state index in [1.807, 2.05) is 20.8 Å². The van der Waals surface area contributed by atoms with Crippen molar-refractivity contribution >= 4 is 31.2 Å². The molecule has 4 heteroatoms. The van der Waals surface area contributed by atoms with E-state index in [1.54, 1.807) is 0 Å². The molecular formula is C8H17NOS2. The number of hydrogen-bond donors (Lipinski definition) is 3. The molecule has 0 rings (SSSR count). The first-order valence-electron chi connectivity index (χ1n) is 4.04. The zero-order valence-corrected chi connectivity index (χ0v) is 9.58. The van der Waals surface area contributed by atoms with Gasteiger partial charge in [-0.3, -0.25) is 4.79 Å². The van der Waals surface area contributed by atoms with Gasteiger partial charge in [-0.15, -0.1) is 0 Å². The summed E-state index contributed by atoms with van der Waals surface area (Å²) in [7, 11) is 0. The normalized spacial score (nSPS) is 14.1. The van der Waals surface area contributed by atoms with E-state index >= 15 is 0 Å². The number of carbonyl (C=O) groups excluding carboxylic acids is 1. The molecule has 0 radical (unpaired) electrons. The van der Waals surface area contributed by atoms with Gasteiger partial charge in [0.25, 0.3) is 0 Å². The molecule has 1 atom stereocenters. The smallest absolute Gasteiger partial charge is 0.233 e. The molecular weight excluding hydrogens is 190 g/mol. The molecule has 72 valence electrons. The zero-order chi connectivity index (χ0) is 9.78. The summed E-state index contributed by atoms with van der Waals surface area (Å²) in [5.41, 5.74) is -0.240. The Morgan fingerprint density at radius 2 is 2.08 bits per heavy atom. The molecule has 1 amide bonds. The zero-order valence-electron chi connectivity index (χ0n) is 7.79. The van der Waals surface area contributed by atoms with Crippen molar-refractivity contribution in [1.29, 1.82) is 0 Å². The van der Waals surface area contributed by atoms with Crippen LogP contribution in [-0.4, -0.2) is 22.4 Å². The molecule has 0 spiro atoms. The van der Waals surface area contributed by atoms with E-state index in [2.05, 4.69) is 30.6 Å². The lowest BCUT2D eigenvalue weighted by Gasteiger charge is -2.25. The molecule has 0 aromatic heterocycles. The molecule has 0 bridgehead atoms. The summed E-state index contributed by atoms with van der Waals surface area (Å²) in [4.78, 5) is 11.3. The summed E-state index contributed by atoms with van der Waals surface area (Å²) >= 11 is 8.27. The maximum absolute atomic E-state index is 11.3. The van der Waals surface area contributed by atoms with Gasteiger partial charge in [-0.25, -0.2) is 0 Å². The topological polar surface area (TPSA) is 29.1 Å². The van der Waals surface area contributed by atoms with Gasteiger partial charge < -0.3 is 5.32 Å². The van der Waals surface area contributed by atoms with Gasteiger partial charge in [0, 0.05) is 11.3 Å². The number of nitrogens with one attached hydrogen (secondary N) is 1. The largest absolute Gasteiger partial charge is 0.349 e. The first kappa shape index (κ1) is 12.2. The van der Waals surface area contributed by atoms with E-state index in [1.165, 1.54) is 0 Å². The Bertz CT molecular complexity index is 159. The van der Waals surface area contributed by atoms with Gasteiger partial charge in [-0.1, -0.05) is 6.92 Å². The third-order valence-electron chi connectivity index (χ3n) is 1.55. The average Bonchev–Trinajstić information content (AvgIpc) is 2.02. The van der Waals surface area contributed by atoms with Gasteiger partial charge in [0.2, 0.25) is 5.91 Å². The van der Waals surface area contributed by atoms with Gasteiger partial charge in [0.15, 0.2) is 0 Å². The SMILES string of the molecule is CCC(S)C(=O)NC(C)(C)CS. The molecule has 0 aliphatic heterocycles. The Morgan fingerprint density at radius 3 is 2.42 bits per heavy atom. The fourth-order valence-electron chi connectivity index (χ4n) is 0.642. The Balaban J connectivity index is 4.00. The molecule has 2 nitrogen and oxygen atoms in total. The molecule has 0 heterocycles. The monoisotopic (exact) mass is 207 g/mol. The highest BCUT2D eigenvalue weighted by molar-refractivity contribution is 7.81. The Labute approximate surface area is 85.3 Å². The molecule has 0 aliphatic carbocycles. The molecule has 0 saturated carbocycles. The standard InChI is InChI=1S/C8H17NOS2/c1-4-6(12)7(10)9-8(2,3)5-11/h6,11-12H,4-5H2,1-3H3,(H,9,10). The van der Waals surface area contributed by atoms with Gasteiger partial charge in [0.1, 0.15) is 0 Å². The Kier molecular flexibility index (Phi) is 5.09. The van der Waals surface area contributed by atoms with Crippen molar-refractivity contribution in [2.75, 3.05) is 5.75 Å². The van der Waals surface area contributed by atoms with Crippen molar-refractivity contribution in [3.63, 3.8) is 0 Å². The van der Waals surface area contributed by atoms with E-state index in [4.69, 9.17) is 0 Å². The second kappa shape index (κ2) is 5.02. The molecule has 0 aromatic rings. The quantitative estimate of drug-likeness (QED) is 0.600. The average molecular weight is 207 g/mol. The fourth-order valence-corrected chi connectivity index (χ4v) is 0.785. The molecule has 1 N–H and O–H groups in total. The van der Waals surface area contributed by atoms with E-state index in [9.17, 15) is 4.79 Å². The fraction of sp³-hybridized carbons (Fsp3) is 0.875. The van der Waals surface area contributed by atoms with Crippen LogP contribution in [0.15, 0.2) is 0 Å². The molecule has 0 aliphatic rings. The van der Waals surface area contributed by atoms with Gasteiger partial charge in [0.05, 0.1) is 5.25 Å². The summed E-state index contributed by atoms with van der Waals surface area (Å²) in [5, 5.41) is 2.66. The van der Waals surface area contributed by atoms with Crippen LogP contribution in [0.1, 0.15) is 27.2 Å². The highest BCUT2D eigenvalue weighted by Crippen LogP contribution is 2.07. The van der Waals surface area contributed by atoms with Crippen LogP contribution in [-0.2, 0) is 4.79 Å². The Hall–Kier alpha value is 0.170. The number of carbonyl (C=O) groups is 1. The number of rotatable bonds is 4. The van der Waals surface area contributed by atoms with Gasteiger partial charge in [-0.2, -0.15) is 25.3 Å². The van der Waals surface area contributed by atoms with E-state index < -0.39 is 0 Å². The van der Waals surface area contributed by atoms with Crippen molar-refractivity contribution in [3.05, 3.63) is 0 Å². The number of hydrogen-bond acceptors (Lipinski definition) is 3. The van der Waals surface area contributed by atoms with Crippen molar-refractivity contribution in [2.24, 2.45) is 0 Å². The first-order chi connectivity index (χ1) is 5.43. The predicted molar refractivity (Wildman–Crippen MR) is 59.1 cm³/mol. The summed E-state index contributed by atoms with van der Waals surface area (Å²) < 4.78 is 0. The molecule has 12 heavy (non-hydrogen) atoms. The second-order valence-electron chi connectivity index (χ2n) is 3.46. The molecule has 1 unspecified atom stereocenters. The van der Waals surface area contributed by atoms with Crippen LogP contribution in [0.4, 0.5) is 0 Å². The summed E-state index contributed by atoms with van der Waals surface area (Å²) in [6.45, 7) is 5.81. The lowest BCUT2D eigenvalue weighted by Crippen LogP contribution is -2.47. The number of amides is 1. The van der Waals surface area contributed by atoms with Crippen molar-refractivity contribution in [1.82, 2.24) is 5.32 Å². The highest BCUT2D eigenvalue weighted by atomic mass is 32.1. The molecule has 0 saturated heterocycles. The lowest BCUT2D eigenvalue weighted by molar-refractivity contribution is -0.121.